The summed E-state index contributed by atoms with van der Waals surface area (Å²) in [5, 5.41) is 6.92. The second-order valence-electron chi connectivity index (χ2n) is 4.17. The standard InChI is InChI=1S/C11H18N2S/c1-3-12-10(9-6-8(9)2)7-11-13-4-5-14-11/h4-5,8-10,12H,3,6-7H2,1-2H3. The molecule has 3 unspecified atom stereocenters. The highest BCUT2D eigenvalue weighted by atomic mass is 32.1. The van der Waals surface area contributed by atoms with Crippen LogP contribution in [0.25, 0.3) is 0 Å². The van der Waals surface area contributed by atoms with Gasteiger partial charge in [-0.15, -0.1) is 11.3 Å². The molecule has 1 aliphatic rings. The van der Waals surface area contributed by atoms with Crippen LogP contribution in [0.15, 0.2) is 11.6 Å². The Hall–Kier alpha value is -0.410. The Morgan fingerprint density at radius 1 is 1.71 bits per heavy atom. The van der Waals surface area contributed by atoms with Gasteiger partial charge in [-0.2, -0.15) is 0 Å². The highest BCUT2D eigenvalue weighted by molar-refractivity contribution is 7.09. The van der Waals surface area contributed by atoms with Crippen LogP contribution in [0.5, 0.6) is 0 Å². The van der Waals surface area contributed by atoms with E-state index in [2.05, 4.69) is 29.5 Å². The lowest BCUT2D eigenvalue weighted by Gasteiger charge is -2.16. The third-order valence-corrected chi connectivity index (χ3v) is 3.83. The molecule has 0 aromatic carbocycles. The van der Waals surface area contributed by atoms with E-state index in [1.54, 1.807) is 11.3 Å². The smallest absolute Gasteiger partial charge is 0.0940 e. The summed E-state index contributed by atoms with van der Waals surface area (Å²) in [6, 6.07) is 0.654. The fraction of sp³-hybridized carbons (Fsp3) is 0.727. The molecule has 0 saturated heterocycles. The summed E-state index contributed by atoms with van der Waals surface area (Å²) in [7, 11) is 0. The topological polar surface area (TPSA) is 24.9 Å². The first kappa shape index (κ1) is 10.1. The van der Waals surface area contributed by atoms with Gasteiger partial charge in [-0.25, -0.2) is 4.98 Å². The molecule has 3 heteroatoms. The molecule has 0 amide bonds. The second-order valence-corrected chi connectivity index (χ2v) is 5.15. The lowest BCUT2D eigenvalue weighted by Crippen LogP contribution is -2.33. The molecule has 1 fully saturated rings. The van der Waals surface area contributed by atoms with Crippen LogP contribution < -0.4 is 5.32 Å². The molecule has 1 N–H and O–H groups in total. The number of likely N-dealkylation sites (N-methyl/N-ethyl adjacent to an activating group) is 1. The van der Waals surface area contributed by atoms with Crippen molar-refractivity contribution < 1.29 is 0 Å². The molecule has 0 bridgehead atoms. The van der Waals surface area contributed by atoms with Crippen molar-refractivity contribution in [1.82, 2.24) is 10.3 Å². The minimum Gasteiger partial charge on any atom is -0.314 e. The first-order valence-electron chi connectivity index (χ1n) is 5.43. The fourth-order valence-electron chi connectivity index (χ4n) is 2.09. The molecule has 78 valence electrons. The molecule has 1 aromatic heterocycles. The molecule has 14 heavy (non-hydrogen) atoms. The van der Waals surface area contributed by atoms with Crippen molar-refractivity contribution in [3.8, 4) is 0 Å². The van der Waals surface area contributed by atoms with Gasteiger partial charge in [-0.1, -0.05) is 13.8 Å². The van der Waals surface area contributed by atoms with Crippen molar-refractivity contribution in [2.24, 2.45) is 11.8 Å². The average molecular weight is 210 g/mol. The van der Waals surface area contributed by atoms with Crippen molar-refractivity contribution >= 4 is 11.3 Å². The summed E-state index contributed by atoms with van der Waals surface area (Å²) >= 11 is 1.77. The van der Waals surface area contributed by atoms with Crippen LogP contribution >= 0.6 is 11.3 Å². The van der Waals surface area contributed by atoms with Crippen molar-refractivity contribution in [3.05, 3.63) is 16.6 Å². The van der Waals surface area contributed by atoms with Crippen molar-refractivity contribution in [2.45, 2.75) is 32.7 Å². The van der Waals surface area contributed by atoms with E-state index >= 15 is 0 Å². The fourth-order valence-corrected chi connectivity index (χ4v) is 2.77. The highest BCUT2D eigenvalue weighted by Crippen LogP contribution is 2.41. The normalized spacial score (nSPS) is 27.6. The van der Waals surface area contributed by atoms with Crippen molar-refractivity contribution in [2.75, 3.05) is 6.54 Å². The Bertz CT molecular complexity index is 271. The Kier molecular flexibility index (Phi) is 3.19. The van der Waals surface area contributed by atoms with Crippen LogP contribution in [-0.2, 0) is 6.42 Å². The molecule has 0 spiro atoms. The molecule has 2 rings (SSSR count). The maximum atomic E-state index is 4.35. The predicted octanol–water partition coefficient (Wildman–Crippen LogP) is 2.32. The lowest BCUT2D eigenvalue weighted by molar-refractivity contribution is 0.454. The summed E-state index contributed by atoms with van der Waals surface area (Å²) in [6.07, 6.45) is 4.41. The minimum absolute atomic E-state index is 0.654. The van der Waals surface area contributed by atoms with Gasteiger partial charge < -0.3 is 5.32 Å². The maximum absolute atomic E-state index is 4.35. The zero-order valence-electron chi connectivity index (χ0n) is 8.86. The number of hydrogen-bond donors (Lipinski definition) is 1. The van der Waals surface area contributed by atoms with Gasteiger partial charge >= 0.3 is 0 Å². The quantitative estimate of drug-likeness (QED) is 0.807. The number of rotatable bonds is 5. The van der Waals surface area contributed by atoms with Crippen LogP contribution in [0.4, 0.5) is 0 Å². The van der Waals surface area contributed by atoms with E-state index in [0.29, 0.717) is 6.04 Å². The number of nitrogens with zero attached hydrogens (tertiary/aromatic N) is 1. The summed E-state index contributed by atoms with van der Waals surface area (Å²) in [5.41, 5.74) is 0. The maximum Gasteiger partial charge on any atom is 0.0940 e. The Morgan fingerprint density at radius 2 is 2.50 bits per heavy atom. The van der Waals surface area contributed by atoms with Gasteiger partial charge in [-0.05, 0) is 24.8 Å². The largest absolute Gasteiger partial charge is 0.314 e. The predicted molar refractivity (Wildman–Crippen MR) is 60.6 cm³/mol. The molecule has 1 heterocycles. The lowest BCUT2D eigenvalue weighted by atomic mass is 10.1. The third-order valence-electron chi connectivity index (χ3n) is 3.03. The molecular weight excluding hydrogens is 192 g/mol. The van der Waals surface area contributed by atoms with Crippen LogP contribution in [0.2, 0.25) is 0 Å². The summed E-state index contributed by atoms with van der Waals surface area (Å²) in [5.74, 6) is 1.80. The number of thiazole rings is 1. The first-order chi connectivity index (χ1) is 6.81. The van der Waals surface area contributed by atoms with Gasteiger partial charge in [0.15, 0.2) is 0 Å². The molecule has 2 nitrogen and oxygen atoms in total. The Morgan fingerprint density at radius 3 is 3.00 bits per heavy atom. The summed E-state index contributed by atoms with van der Waals surface area (Å²) in [4.78, 5) is 4.35. The van der Waals surface area contributed by atoms with E-state index in [1.807, 2.05) is 6.20 Å². The van der Waals surface area contributed by atoms with E-state index in [9.17, 15) is 0 Å². The molecule has 0 aliphatic heterocycles. The van der Waals surface area contributed by atoms with E-state index < -0.39 is 0 Å². The average Bonchev–Trinajstić information content (AvgIpc) is 2.68. The molecular formula is C11H18N2S. The zero-order chi connectivity index (χ0) is 9.97. The molecule has 1 aromatic rings. The second kappa shape index (κ2) is 4.41. The number of aromatic nitrogens is 1. The Balaban J connectivity index is 1.91. The van der Waals surface area contributed by atoms with Gasteiger partial charge in [-0.3, -0.25) is 0 Å². The molecule has 3 atom stereocenters. The van der Waals surface area contributed by atoms with E-state index in [4.69, 9.17) is 0 Å². The van der Waals surface area contributed by atoms with Crippen molar-refractivity contribution in [1.29, 1.82) is 0 Å². The zero-order valence-corrected chi connectivity index (χ0v) is 9.68. The third kappa shape index (κ3) is 2.34. The van der Waals surface area contributed by atoms with Crippen molar-refractivity contribution in [3.63, 3.8) is 0 Å². The van der Waals surface area contributed by atoms with Crippen LogP contribution in [0.1, 0.15) is 25.3 Å². The van der Waals surface area contributed by atoms with E-state index in [0.717, 1.165) is 24.8 Å². The first-order valence-corrected chi connectivity index (χ1v) is 6.31. The number of nitrogens with one attached hydrogen (secondary N) is 1. The molecule has 1 saturated carbocycles. The SMILES string of the molecule is CCNC(Cc1nccs1)C1CC1C. The minimum atomic E-state index is 0.654. The van der Waals surface area contributed by atoms with Crippen LogP contribution in [0, 0.1) is 11.8 Å². The van der Waals surface area contributed by atoms with Gasteiger partial charge in [0.1, 0.15) is 0 Å². The van der Waals surface area contributed by atoms with Gasteiger partial charge in [0.2, 0.25) is 0 Å². The Labute approximate surface area is 89.8 Å². The van der Waals surface area contributed by atoms with Gasteiger partial charge in [0, 0.05) is 24.0 Å². The number of hydrogen-bond acceptors (Lipinski definition) is 3. The monoisotopic (exact) mass is 210 g/mol. The summed E-state index contributed by atoms with van der Waals surface area (Å²) < 4.78 is 0. The summed E-state index contributed by atoms with van der Waals surface area (Å²) in [6.45, 7) is 5.60. The van der Waals surface area contributed by atoms with Gasteiger partial charge in [0.05, 0.1) is 5.01 Å². The molecule has 0 radical (unpaired) electrons. The highest BCUT2D eigenvalue weighted by Gasteiger charge is 2.39. The van der Waals surface area contributed by atoms with E-state index in [-0.39, 0.29) is 0 Å². The molecule has 1 aliphatic carbocycles. The van der Waals surface area contributed by atoms with Crippen LogP contribution in [-0.4, -0.2) is 17.6 Å². The van der Waals surface area contributed by atoms with Crippen LogP contribution in [0.3, 0.4) is 0 Å². The van der Waals surface area contributed by atoms with E-state index in [1.165, 1.54) is 11.4 Å². The van der Waals surface area contributed by atoms with Gasteiger partial charge in [0.25, 0.3) is 0 Å².